The Bertz CT molecular complexity index is 718. The van der Waals surface area contributed by atoms with Gasteiger partial charge in [0.05, 0.1) is 12.1 Å². The van der Waals surface area contributed by atoms with Gasteiger partial charge in [0.1, 0.15) is 5.82 Å². The number of rotatable bonds is 8. The lowest BCUT2D eigenvalue weighted by Crippen LogP contribution is -2.32. The number of halogens is 1. The van der Waals surface area contributed by atoms with Crippen molar-refractivity contribution >= 4 is 12.3 Å². The van der Waals surface area contributed by atoms with E-state index in [9.17, 15) is 19.1 Å². The second kappa shape index (κ2) is 9.25. The number of imide groups is 1. The van der Waals surface area contributed by atoms with Crippen LogP contribution in [0.5, 0.6) is 0 Å². The van der Waals surface area contributed by atoms with Crippen LogP contribution in [0.4, 0.5) is 4.39 Å². The fourth-order valence-corrected chi connectivity index (χ4v) is 2.88. The van der Waals surface area contributed by atoms with Crippen molar-refractivity contribution in [1.82, 2.24) is 4.90 Å². The topological polar surface area (TPSA) is 57.6 Å². The molecule has 0 bridgehead atoms. The summed E-state index contributed by atoms with van der Waals surface area (Å²) >= 11 is 0. The molecule has 0 aliphatic heterocycles. The van der Waals surface area contributed by atoms with Crippen LogP contribution >= 0.6 is 0 Å². The van der Waals surface area contributed by atoms with E-state index in [4.69, 9.17) is 0 Å². The third-order valence-electron chi connectivity index (χ3n) is 4.66. The number of benzene rings is 2. The van der Waals surface area contributed by atoms with E-state index in [0.29, 0.717) is 18.4 Å². The largest absolute Gasteiger partial charge is 0.388 e. The molecule has 1 N–H and O–H groups in total. The van der Waals surface area contributed by atoms with Gasteiger partial charge in [0.2, 0.25) is 12.3 Å². The van der Waals surface area contributed by atoms with E-state index in [1.54, 1.807) is 6.92 Å². The predicted octanol–water partition coefficient (Wildman–Crippen LogP) is 4.02. The molecule has 0 radical (unpaired) electrons. The third kappa shape index (κ3) is 4.99. The monoisotopic (exact) mass is 357 g/mol. The molecule has 0 aromatic heterocycles. The Hall–Kier alpha value is -2.53. The van der Waals surface area contributed by atoms with Crippen LogP contribution < -0.4 is 0 Å². The molecule has 3 atom stereocenters. The number of hydrogen-bond donors (Lipinski definition) is 1. The van der Waals surface area contributed by atoms with Gasteiger partial charge in [-0.3, -0.25) is 14.5 Å². The molecule has 26 heavy (non-hydrogen) atoms. The first-order valence-electron chi connectivity index (χ1n) is 8.69. The van der Waals surface area contributed by atoms with Gasteiger partial charge in [-0.05, 0) is 42.5 Å². The van der Waals surface area contributed by atoms with Crippen LogP contribution in [0.3, 0.4) is 0 Å². The molecular weight excluding hydrogens is 333 g/mol. The summed E-state index contributed by atoms with van der Waals surface area (Å²) in [5, 5.41) is 10.4. The highest BCUT2D eigenvalue weighted by molar-refractivity contribution is 5.86. The normalized spacial score (nSPS) is 14.3. The number of aliphatic hydroxyl groups is 1. The van der Waals surface area contributed by atoms with E-state index in [0.717, 1.165) is 5.56 Å². The molecule has 0 saturated carbocycles. The van der Waals surface area contributed by atoms with Gasteiger partial charge in [-0.1, -0.05) is 49.4 Å². The molecular formula is C21H24FNO3. The molecule has 2 amide bonds. The van der Waals surface area contributed by atoms with E-state index in [1.165, 1.54) is 29.2 Å². The molecule has 2 rings (SSSR count). The van der Waals surface area contributed by atoms with Crippen molar-refractivity contribution in [3.8, 4) is 0 Å². The molecule has 0 saturated heterocycles. The van der Waals surface area contributed by atoms with Crippen LogP contribution in [0.1, 0.15) is 50.0 Å². The fraction of sp³-hybridized carbons (Fsp3) is 0.333. The van der Waals surface area contributed by atoms with Crippen molar-refractivity contribution in [2.75, 3.05) is 0 Å². The minimum Gasteiger partial charge on any atom is -0.388 e. The van der Waals surface area contributed by atoms with Gasteiger partial charge < -0.3 is 5.11 Å². The van der Waals surface area contributed by atoms with Crippen LogP contribution in [-0.4, -0.2) is 22.3 Å². The van der Waals surface area contributed by atoms with Crippen molar-refractivity contribution in [2.45, 2.75) is 38.8 Å². The van der Waals surface area contributed by atoms with Gasteiger partial charge in [0.25, 0.3) is 0 Å². The standard InChI is InChI=1S/C21H24FNO3/c1-15(21(26)18-9-11-19(22)12-10-18)8-13-20(25)23(14-24)16(2)17-6-4-3-5-7-17/h3-7,9-12,14-16,21,26H,8,13H2,1-2H3/t15-,16+,21-/m0/s1. The number of amides is 2. The van der Waals surface area contributed by atoms with Gasteiger partial charge >= 0.3 is 0 Å². The zero-order chi connectivity index (χ0) is 19.1. The quantitative estimate of drug-likeness (QED) is 0.726. The third-order valence-corrected chi connectivity index (χ3v) is 4.66. The Morgan fingerprint density at radius 2 is 1.69 bits per heavy atom. The highest BCUT2D eigenvalue weighted by atomic mass is 19.1. The van der Waals surface area contributed by atoms with Gasteiger partial charge in [0, 0.05) is 6.42 Å². The molecule has 0 spiro atoms. The maximum Gasteiger partial charge on any atom is 0.229 e. The first-order chi connectivity index (χ1) is 12.4. The molecule has 0 aliphatic carbocycles. The molecule has 138 valence electrons. The van der Waals surface area contributed by atoms with E-state index >= 15 is 0 Å². The van der Waals surface area contributed by atoms with Gasteiger partial charge in [-0.2, -0.15) is 0 Å². The summed E-state index contributed by atoms with van der Waals surface area (Å²) in [4.78, 5) is 25.1. The Morgan fingerprint density at radius 3 is 2.27 bits per heavy atom. The molecule has 0 unspecified atom stereocenters. The number of hydrogen-bond acceptors (Lipinski definition) is 3. The zero-order valence-electron chi connectivity index (χ0n) is 15.0. The van der Waals surface area contributed by atoms with Gasteiger partial charge in [-0.15, -0.1) is 0 Å². The fourth-order valence-electron chi connectivity index (χ4n) is 2.88. The summed E-state index contributed by atoms with van der Waals surface area (Å²) in [6.45, 7) is 3.63. The summed E-state index contributed by atoms with van der Waals surface area (Å²) in [5.74, 6) is -0.847. The van der Waals surface area contributed by atoms with Crippen molar-refractivity contribution in [1.29, 1.82) is 0 Å². The summed E-state index contributed by atoms with van der Waals surface area (Å²) in [6, 6.07) is 14.7. The molecule has 4 nitrogen and oxygen atoms in total. The Kier molecular flexibility index (Phi) is 7.04. The first kappa shape index (κ1) is 19.8. The van der Waals surface area contributed by atoms with Crippen LogP contribution in [0.2, 0.25) is 0 Å². The average molecular weight is 357 g/mol. The predicted molar refractivity (Wildman–Crippen MR) is 97.5 cm³/mol. The zero-order valence-corrected chi connectivity index (χ0v) is 15.0. The first-order valence-corrected chi connectivity index (χ1v) is 8.69. The average Bonchev–Trinajstić information content (AvgIpc) is 2.67. The summed E-state index contributed by atoms with van der Waals surface area (Å²) in [7, 11) is 0. The van der Waals surface area contributed by atoms with Crippen molar-refractivity contribution in [3.63, 3.8) is 0 Å². The lowest BCUT2D eigenvalue weighted by Gasteiger charge is -2.25. The second-order valence-electron chi connectivity index (χ2n) is 6.51. The summed E-state index contributed by atoms with van der Waals surface area (Å²) in [5.41, 5.74) is 1.49. The van der Waals surface area contributed by atoms with Crippen LogP contribution in [0.15, 0.2) is 54.6 Å². The molecule has 5 heteroatoms. The Morgan fingerprint density at radius 1 is 1.08 bits per heavy atom. The number of aliphatic hydroxyl groups excluding tert-OH is 1. The number of carbonyl (C=O) groups excluding carboxylic acids is 2. The smallest absolute Gasteiger partial charge is 0.229 e. The van der Waals surface area contributed by atoms with Crippen molar-refractivity contribution in [3.05, 3.63) is 71.5 Å². The SMILES string of the molecule is C[C@H](c1ccccc1)N(C=O)C(=O)CC[C@H](C)[C@H](O)c1ccc(F)cc1. The molecule has 0 aliphatic rings. The van der Waals surface area contributed by atoms with E-state index in [1.807, 2.05) is 37.3 Å². The number of carbonyl (C=O) groups is 2. The Balaban J connectivity index is 1.95. The van der Waals surface area contributed by atoms with Gasteiger partial charge in [-0.25, -0.2) is 4.39 Å². The minimum absolute atomic E-state index is 0.148. The number of nitrogens with zero attached hydrogens (tertiary/aromatic N) is 1. The molecule has 0 heterocycles. The molecule has 0 fully saturated rings. The maximum atomic E-state index is 13.0. The molecule has 2 aromatic rings. The lowest BCUT2D eigenvalue weighted by molar-refractivity contribution is -0.140. The van der Waals surface area contributed by atoms with Crippen LogP contribution in [-0.2, 0) is 9.59 Å². The van der Waals surface area contributed by atoms with Crippen molar-refractivity contribution < 1.29 is 19.1 Å². The van der Waals surface area contributed by atoms with E-state index < -0.39 is 6.10 Å². The second-order valence-corrected chi connectivity index (χ2v) is 6.51. The summed E-state index contributed by atoms with van der Waals surface area (Å²) in [6.07, 6.45) is 0.333. The van der Waals surface area contributed by atoms with Gasteiger partial charge in [0.15, 0.2) is 0 Å². The molecule has 2 aromatic carbocycles. The van der Waals surface area contributed by atoms with Crippen LogP contribution in [0, 0.1) is 11.7 Å². The Labute approximate surface area is 153 Å². The van der Waals surface area contributed by atoms with E-state index in [-0.39, 0.29) is 30.1 Å². The summed E-state index contributed by atoms with van der Waals surface area (Å²) < 4.78 is 13.0. The minimum atomic E-state index is -0.792. The maximum absolute atomic E-state index is 13.0. The van der Waals surface area contributed by atoms with Crippen molar-refractivity contribution in [2.24, 2.45) is 5.92 Å². The highest BCUT2D eigenvalue weighted by Crippen LogP contribution is 2.27. The van der Waals surface area contributed by atoms with E-state index in [2.05, 4.69) is 0 Å². The lowest BCUT2D eigenvalue weighted by atomic mass is 9.93. The highest BCUT2D eigenvalue weighted by Gasteiger charge is 2.23. The van der Waals surface area contributed by atoms with Crippen LogP contribution in [0.25, 0.3) is 0 Å².